The summed E-state index contributed by atoms with van der Waals surface area (Å²) in [6, 6.07) is 7.05. The summed E-state index contributed by atoms with van der Waals surface area (Å²) in [4.78, 5) is 28.3. The minimum Gasteiger partial charge on any atom is -0.497 e. The lowest BCUT2D eigenvalue weighted by atomic mass is 10.3. The second-order valence-corrected chi connectivity index (χ2v) is 5.52. The van der Waals surface area contributed by atoms with Crippen molar-refractivity contribution in [2.24, 2.45) is 0 Å². The van der Waals surface area contributed by atoms with Crippen molar-refractivity contribution >= 4 is 34.0 Å². The zero-order valence-corrected chi connectivity index (χ0v) is 13.4. The van der Waals surface area contributed by atoms with Crippen LogP contribution in [0.4, 0.5) is 10.8 Å². The van der Waals surface area contributed by atoms with Crippen LogP contribution < -0.4 is 15.4 Å². The molecule has 116 valence electrons. The second-order valence-electron chi connectivity index (χ2n) is 4.52. The number of amides is 2. The van der Waals surface area contributed by atoms with Gasteiger partial charge in [-0.05, 0) is 31.2 Å². The molecule has 0 fully saturated rings. The van der Waals surface area contributed by atoms with E-state index in [9.17, 15) is 9.59 Å². The highest BCUT2D eigenvalue weighted by molar-refractivity contribution is 7.17. The molecule has 7 heteroatoms. The maximum absolute atomic E-state index is 12.3. The summed E-state index contributed by atoms with van der Waals surface area (Å²) in [5, 5.41) is 5.89. The van der Waals surface area contributed by atoms with Gasteiger partial charge in [0, 0.05) is 12.1 Å². The lowest BCUT2D eigenvalue weighted by Gasteiger charge is -2.05. The summed E-state index contributed by atoms with van der Waals surface area (Å²) < 4.78 is 5.07. The second kappa shape index (κ2) is 7.04. The van der Waals surface area contributed by atoms with Gasteiger partial charge in [-0.1, -0.05) is 18.3 Å². The van der Waals surface area contributed by atoms with E-state index >= 15 is 0 Å². The monoisotopic (exact) mass is 319 g/mol. The van der Waals surface area contributed by atoms with Gasteiger partial charge in [0.15, 0.2) is 5.13 Å². The molecule has 0 unspecified atom stereocenters. The van der Waals surface area contributed by atoms with Crippen LogP contribution in [0.2, 0.25) is 0 Å². The number of methoxy groups -OCH3 is 1. The Labute approximate surface area is 132 Å². The Kier molecular flexibility index (Phi) is 5.11. The number of benzene rings is 1. The van der Waals surface area contributed by atoms with E-state index in [0.29, 0.717) is 27.8 Å². The number of aryl methyl sites for hydroxylation is 1. The van der Waals surface area contributed by atoms with E-state index in [1.807, 2.05) is 0 Å². The van der Waals surface area contributed by atoms with Crippen LogP contribution in [0.3, 0.4) is 0 Å². The van der Waals surface area contributed by atoms with Gasteiger partial charge in [-0.3, -0.25) is 9.59 Å². The summed E-state index contributed by atoms with van der Waals surface area (Å²) in [7, 11) is 1.58. The molecule has 2 N–H and O–H groups in total. The van der Waals surface area contributed by atoms with Crippen LogP contribution in [0, 0.1) is 6.92 Å². The minimum atomic E-state index is -0.253. The van der Waals surface area contributed by atoms with E-state index in [-0.39, 0.29) is 11.8 Å². The van der Waals surface area contributed by atoms with Crippen LogP contribution in [0.15, 0.2) is 24.3 Å². The van der Waals surface area contributed by atoms with Gasteiger partial charge in [-0.25, -0.2) is 4.98 Å². The fourth-order valence-electron chi connectivity index (χ4n) is 1.73. The molecule has 0 aliphatic rings. The molecule has 0 saturated heterocycles. The first-order valence-corrected chi connectivity index (χ1v) is 7.57. The number of carbonyl (C=O) groups excluding carboxylic acids is 2. The lowest BCUT2D eigenvalue weighted by Crippen LogP contribution is -2.11. The third-order valence-electron chi connectivity index (χ3n) is 2.92. The van der Waals surface area contributed by atoms with Crippen LogP contribution in [-0.2, 0) is 4.79 Å². The first-order chi connectivity index (χ1) is 10.5. The predicted molar refractivity (Wildman–Crippen MR) is 86.7 cm³/mol. The van der Waals surface area contributed by atoms with Crippen LogP contribution in [0.5, 0.6) is 5.75 Å². The van der Waals surface area contributed by atoms with Crippen molar-refractivity contribution in [2.45, 2.75) is 20.3 Å². The van der Waals surface area contributed by atoms with Gasteiger partial charge in [0.1, 0.15) is 10.6 Å². The third-order valence-corrected chi connectivity index (χ3v) is 3.99. The molecular formula is C15H17N3O3S. The van der Waals surface area contributed by atoms with Crippen molar-refractivity contribution in [2.75, 3.05) is 17.7 Å². The molecule has 22 heavy (non-hydrogen) atoms. The molecule has 1 heterocycles. The van der Waals surface area contributed by atoms with E-state index < -0.39 is 0 Å². The summed E-state index contributed by atoms with van der Waals surface area (Å²) in [6.07, 6.45) is 0.367. The SMILES string of the molecule is CCC(=O)Nc1nc(C)c(C(=O)Nc2ccc(OC)cc2)s1. The van der Waals surface area contributed by atoms with Crippen LogP contribution in [0.25, 0.3) is 0 Å². The highest BCUT2D eigenvalue weighted by Gasteiger charge is 2.16. The van der Waals surface area contributed by atoms with Gasteiger partial charge in [-0.15, -0.1) is 0 Å². The van der Waals surface area contributed by atoms with Gasteiger partial charge >= 0.3 is 0 Å². The maximum atomic E-state index is 12.3. The van der Waals surface area contributed by atoms with Crippen molar-refractivity contribution in [3.05, 3.63) is 34.8 Å². The fourth-order valence-corrected chi connectivity index (χ4v) is 2.61. The normalized spacial score (nSPS) is 10.1. The van der Waals surface area contributed by atoms with Gasteiger partial charge in [-0.2, -0.15) is 0 Å². The number of aromatic nitrogens is 1. The number of rotatable bonds is 5. The average molecular weight is 319 g/mol. The number of hydrogen-bond acceptors (Lipinski definition) is 5. The molecule has 0 aliphatic heterocycles. The molecule has 1 aromatic carbocycles. The van der Waals surface area contributed by atoms with Crippen LogP contribution in [0.1, 0.15) is 28.7 Å². The predicted octanol–water partition coefficient (Wildman–Crippen LogP) is 3.06. The Morgan fingerprint density at radius 1 is 1.23 bits per heavy atom. The molecule has 2 aromatic rings. The van der Waals surface area contributed by atoms with Crippen molar-refractivity contribution in [1.29, 1.82) is 0 Å². The summed E-state index contributed by atoms with van der Waals surface area (Å²) >= 11 is 1.16. The van der Waals surface area contributed by atoms with Crippen molar-refractivity contribution in [3.8, 4) is 5.75 Å². The van der Waals surface area contributed by atoms with E-state index in [1.54, 1.807) is 45.2 Å². The molecule has 0 bridgehead atoms. The molecule has 0 atom stereocenters. The standard InChI is InChI=1S/C15H17N3O3S/c1-4-12(19)18-15-16-9(2)13(22-15)14(20)17-10-5-7-11(21-3)8-6-10/h5-8H,4H2,1-3H3,(H,17,20)(H,16,18,19). The third kappa shape index (κ3) is 3.82. The van der Waals surface area contributed by atoms with Crippen LogP contribution >= 0.6 is 11.3 Å². The topological polar surface area (TPSA) is 80.3 Å². The Morgan fingerprint density at radius 3 is 2.50 bits per heavy atom. The molecule has 0 radical (unpaired) electrons. The van der Waals surface area contributed by atoms with E-state index in [1.165, 1.54) is 0 Å². The number of nitrogens with zero attached hydrogens (tertiary/aromatic N) is 1. The van der Waals surface area contributed by atoms with Crippen molar-refractivity contribution in [3.63, 3.8) is 0 Å². The molecule has 2 rings (SSSR count). The van der Waals surface area contributed by atoms with E-state index in [2.05, 4.69) is 15.6 Å². The molecule has 0 saturated carbocycles. The Hall–Kier alpha value is -2.41. The number of hydrogen-bond donors (Lipinski definition) is 2. The fraction of sp³-hybridized carbons (Fsp3) is 0.267. The molecule has 0 spiro atoms. The summed E-state index contributed by atoms with van der Waals surface area (Å²) in [5.74, 6) is 0.338. The zero-order valence-electron chi connectivity index (χ0n) is 12.6. The first kappa shape index (κ1) is 16.0. The number of ether oxygens (including phenoxy) is 1. The molecule has 2 amide bonds. The number of thiazole rings is 1. The summed E-state index contributed by atoms with van der Waals surface area (Å²) in [5.41, 5.74) is 1.25. The quantitative estimate of drug-likeness (QED) is 0.887. The Morgan fingerprint density at radius 2 is 1.91 bits per heavy atom. The van der Waals surface area contributed by atoms with Crippen LogP contribution in [-0.4, -0.2) is 23.9 Å². The van der Waals surface area contributed by atoms with Crippen molar-refractivity contribution < 1.29 is 14.3 Å². The summed E-state index contributed by atoms with van der Waals surface area (Å²) in [6.45, 7) is 3.49. The van der Waals surface area contributed by atoms with E-state index in [0.717, 1.165) is 17.1 Å². The zero-order chi connectivity index (χ0) is 16.1. The number of anilines is 2. The lowest BCUT2D eigenvalue weighted by molar-refractivity contribution is -0.115. The Bertz CT molecular complexity index is 680. The van der Waals surface area contributed by atoms with Gasteiger partial charge < -0.3 is 15.4 Å². The van der Waals surface area contributed by atoms with Gasteiger partial charge in [0.25, 0.3) is 5.91 Å². The van der Waals surface area contributed by atoms with Gasteiger partial charge in [0.2, 0.25) is 5.91 Å². The van der Waals surface area contributed by atoms with E-state index in [4.69, 9.17) is 4.74 Å². The number of nitrogens with one attached hydrogen (secondary N) is 2. The van der Waals surface area contributed by atoms with Crippen molar-refractivity contribution in [1.82, 2.24) is 4.98 Å². The minimum absolute atomic E-state index is 0.129. The van der Waals surface area contributed by atoms with Gasteiger partial charge in [0.05, 0.1) is 12.8 Å². The Balaban J connectivity index is 2.10. The highest BCUT2D eigenvalue weighted by atomic mass is 32.1. The molecule has 6 nitrogen and oxygen atoms in total. The molecule has 0 aliphatic carbocycles. The number of carbonyl (C=O) groups is 2. The largest absolute Gasteiger partial charge is 0.497 e. The molecule has 1 aromatic heterocycles. The first-order valence-electron chi connectivity index (χ1n) is 6.76. The smallest absolute Gasteiger partial charge is 0.267 e. The highest BCUT2D eigenvalue weighted by Crippen LogP contribution is 2.24. The molecular weight excluding hydrogens is 302 g/mol. The maximum Gasteiger partial charge on any atom is 0.267 e. The average Bonchev–Trinajstić information content (AvgIpc) is 2.88.